The van der Waals surface area contributed by atoms with Crippen molar-refractivity contribution in [2.24, 2.45) is 5.92 Å². The van der Waals surface area contributed by atoms with Crippen molar-refractivity contribution in [3.63, 3.8) is 0 Å². The molecule has 1 amide bonds. The predicted octanol–water partition coefficient (Wildman–Crippen LogP) is 5.03. The molecule has 0 aliphatic rings. The molecule has 0 fully saturated rings. The summed E-state index contributed by atoms with van der Waals surface area (Å²) in [4.78, 5) is 12.5. The third-order valence-electron chi connectivity index (χ3n) is 4.04. The van der Waals surface area contributed by atoms with E-state index in [2.05, 4.69) is 40.4 Å². The van der Waals surface area contributed by atoms with Crippen LogP contribution < -0.4 is 20.1 Å². The van der Waals surface area contributed by atoms with Crippen LogP contribution in [0.2, 0.25) is 0 Å². The molecule has 0 bridgehead atoms. The number of benzene rings is 2. The minimum Gasteiger partial charge on any atom is -0.492 e. The highest BCUT2D eigenvalue weighted by molar-refractivity contribution is 9.10. The topological polar surface area (TPSA) is 68.8 Å². The van der Waals surface area contributed by atoms with Gasteiger partial charge in [0.25, 0.3) is 5.91 Å². The zero-order valence-electron chi connectivity index (χ0n) is 17.4. The van der Waals surface area contributed by atoms with Gasteiger partial charge in [-0.2, -0.15) is 0 Å². The van der Waals surface area contributed by atoms with Gasteiger partial charge in [-0.25, -0.2) is 0 Å². The number of carbonyl (C=O) groups is 1. The molecule has 162 valence electrons. The van der Waals surface area contributed by atoms with E-state index in [1.807, 2.05) is 24.3 Å². The van der Waals surface area contributed by atoms with Gasteiger partial charge in [0.1, 0.15) is 18.1 Å². The minimum absolute atomic E-state index is 0.210. The molecule has 0 aromatic heterocycles. The normalized spacial score (nSPS) is 10.6. The van der Waals surface area contributed by atoms with Crippen molar-refractivity contribution >= 4 is 44.9 Å². The smallest absolute Gasteiger partial charge is 0.257 e. The van der Waals surface area contributed by atoms with E-state index in [0.29, 0.717) is 37.1 Å². The summed E-state index contributed by atoms with van der Waals surface area (Å²) in [6.07, 6.45) is 0.967. The fourth-order valence-electron chi connectivity index (χ4n) is 2.38. The molecule has 0 radical (unpaired) electrons. The van der Waals surface area contributed by atoms with Crippen LogP contribution in [0.1, 0.15) is 30.6 Å². The van der Waals surface area contributed by atoms with E-state index in [9.17, 15) is 4.79 Å². The second kappa shape index (κ2) is 12.5. The van der Waals surface area contributed by atoms with Crippen molar-refractivity contribution in [1.82, 2.24) is 5.32 Å². The fraction of sp³-hybridized carbons (Fsp3) is 0.364. The van der Waals surface area contributed by atoms with E-state index in [1.165, 1.54) is 0 Å². The third kappa shape index (κ3) is 8.30. The van der Waals surface area contributed by atoms with Gasteiger partial charge >= 0.3 is 0 Å². The first-order valence-corrected chi connectivity index (χ1v) is 10.9. The fourth-order valence-corrected chi connectivity index (χ4v) is 3.08. The lowest BCUT2D eigenvalue weighted by molar-refractivity contribution is 0.0977. The zero-order chi connectivity index (χ0) is 21.9. The lowest BCUT2D eigenvalue weighted by Gasteiger charge is -2.12. The molecule has 2 aromatic carbocycles. The molecule has 0 saturated heterocycles. The first kappa shape index (κ1) is 24.1. The summed E-state index contributed by atoms with van der Waals surface area (Å²) < 4.78 is 16.9. The monoisotopic (exact) mass is 494 g/mol. The van der Waals surface area contributed by atoms with Crippen molar-refractivity contribution in [3.8, 4) is 11.5 Å². The average molecular weight is 495 g/mol. The highest BCUT2D eigenvalue weighted by atomic mass is 79.9. The van der Waals surface area contributed by atoms with Crippen LogP contribution in [0.4, 0.5) is 5.69 Å². The van der Waals surface area contributed by atoms with E-state index in [0.717, 1.165) is 22.3 Å². The number of rotatable bonds is 10. The number of anilines is 1. The van der Waals surface area contributed by atoms with Crippen molar-refractivity contribution in [1.29, 1.82) is 0 Å². The standard InChI is InChI=1S/C22H27BrN2O4S/c1-15(2)10-11-29-20-9-4-16(14-19(20)23)21(26)25-22(30)24-17-5-7-18(8-6-17)28-13-12-27-3/h4-9,14-15H,10-13H2,1-3H3,(H2,24,25,26,30). The maximum absolute atomic E-state index is 12.5. The Morgan fingerprint density at radius 3 is 2.43 bits per heavy atom. The van der Waals surface area contributed by atoms with E-state index in [4.69, 9.17) is 26.4 Å². The summed E-state index contributed by atoms with van der Waals surface area (Å²) in [5, 5.41) is 5.87. The molecule has 0 heterocycles. The van der Waals surface area contributed by atoms with Gasteiger partial charge in [-0.05, 0) is 83.0 Å². The van der Waals surface area contributed by atoms with Crippen molar-refractivity contribution in [2.45, 2.75) is 20.3 Å². The molecule has 0 aliphatic carbocycles. The van der Waals surface area contributed by atoms with E-state index >= 15 is 0 Å². The summed E-state index contributed by atoms with van der Waals surface area (Å²) in [5.74, 6) is 1.71. The summed E-state index contributed by atoms with van der Waals surface area (Å²) in [6.45, 7) is 5.93. The minimum atomic E-state index is -0.304. The van der Waals surface area contributed by atoms with Gasteiger partial charge in [0.2, 0.25) is 0 Å². The van der Waals surface area contributed by atoms with Crippen molar-refractivity contribution in [3.05, 3.63) is 52.5 Å². The Labute approximate surface area is 191 Å². The second-order valence-electron chi connectivity index (χ2n) is 6.95. The molecule has 0 atom stereocenters. The largest absolute Gasteiger partial charge is 0.492 e. The van der Waals surface area contributed by atoms with Crippen LogP contribution in [0.25, 0.3) is 0 Å². The number of ether oxygens (including phenoxy) is 3. The van der Waals surface area contributed by atoms with Gasteiger partial charge in [-0.3, -0.25) is 10.1 Å². The van der Waals surface area contributed by atoms with Crippen molar-refractivity contribution < 1.29 is 19.0 Å². The van der Waals surface area contributed by atoms with E-state index < -0.39 is 0 Å². The summed E-state index contributed by atoms with van der Waals surface area (Å²) in [5.41, 5.74) is 1.22. The molecule has 0 aliphatic heterocycles. The molecule has 30 heavy (non-hydrogen) atoms. The number of carbonyl (C=O) groups excluding carboxylic acids is 1. The highest BCUT2D eigenvalue weighted by Crippen LogP contribution is 2.26. The Hall–Kier alpha value is -2.16. The molecule has 6 nitrogen and oxygen atoms in total. The van der Waals surface area contributed by atoms with Gasteiger partial charge in [-0.15, -0.1) is 0 Å². The number of amides is 1. The molecule has 2 N–H and O–H groups in total. The third-order valence-corrected chi connectivity index (χ3v) is 4.87. The first-order valence-electron chi connectivity index (χ1n) is 9.65. The molecule has 0 spiro atoms. The van der Waals surface area contributed by atoms with Crippen LogP contribution in [0, 0.1) is 5.92 Å². The van der Waals surface area contributed by atoms with Gasteiger partial charge in [0.05, 0.1) is 17.7 Å². The Kier molecular flexibility index (Phi) is 10.1. The summed E-state index contributed by atoms with van der Waals surface area (Å²) in [7, 11) is 1.63. The maximum Gasteiger partial charge on any atom is 0.257 e. The number of thiocarbonyl (C=S) groups is 1. The van der Waals surface area contributed by atoms with Crippen LogP contribution in [0.15, 0.2) is 46.9 Å². The molecule has 8 heteroatoms. The van der Waals surface area contributed by atoms with Gasteiger partial charge < -0.3 is 19.5 Å². The SMILES string of the molecule is COCCOc1ccc(NC(=S)NC(=O)c2ccc(OCCC(C)C)c(Br)c2)cc1. The van der Waals surface area contributed by atoms with Crippen LogP contribution in [0.3, 0.4) is 0 Å². The number of halogens is 1. The molecule has 2 rings (SSSR count). The molecular weight excluding hydrogens is 468 g/mol. The Morgan fingerprint density at radius 1 is 1.07 bits per heavy atom. The predicted molar refractivity (Wildman–Crippen MR) is 127 cm³/mol. The Morgan fingerprint density at radius 2 is 1.80 bits per heavy atom. The van der Waals surface area contributed by atoms with Crippen molar-refractivity contribution in [2.75, 3.05) is 32.2 Å². The van der Waals surface area contributed by atoms with Gasteiger partial charge in [0.15, 0.2) is 5.11 Å². The number of nitrogens with one attached hydrogen (secondary N) is 2. The van der Waals surface area contributed by atoms with E-state index in [1.54, 1.807) is 25.3 Å². The summed E-state index contributed by atoms with van der Waals surface area (Å²) in [6, 6.07) is 12.5. The first-order chi connectivity index (χ1) is 14.4. The Bertz CT molecular complexity index is 844. The zero-order valence-corrected chi connectivity index (χ0v) is 19.8. The molecule has 0 unspecified atom stereocenters. The Balaban J connectivity index is 1.86. The average Bonchev–Trinajstić information content (AvgIpc) is 2.70. The highest BCUT2D eigenvalue weighted by Gasteiger charge is 2.11. The second-order valence-corrected chi connectivity index (χ2v) is 8.21. The van der Waals surface area contributed by atoms with Crippen LogP contribution in [-0.2, 0) is 4.74 Å². The quantitative estimate of drug-likeness (QED) is 0.356. The number of methoxy groups -OCH3 is 1. The molecular formula is C22H27BrN2O4S. The number of hydrogen-bond donors (Lipinski definition) is 2. The number of hydrogen-bond acceptors (Lipinski definition) is 5. The molecule has 2 aromatic rings. The maximum atomic E-state index is 12.5. The van der Waals surface area contributed by atoms with Crippen LogP contribution >= 0.6 is 28.1 Å². The molecule has 0 saturated carbocycles. The lowest BCUT2D eigenvalue weighted by Crippen LogP contribution is -2.34. The van der Waals surface area contributed by atoms with Gasteiger partial charge in [0, 0.05) is 18.4 Å². The van der Waals surface area contributed by atoms with Gasteiger partial charge in [-0.1, -0.05) is 13.8 Å². The lowest BCUT2D eigenvalue weighted by atomic mass is 10.1. The van der Waals surface area contributed by atoms with Crippen LogP contribution in [-0.4, -0.2) is 38.0 Å². The van der Waals surface area contributed by atoms with Crippen LogP contribution in [0.5, 0.6) is 11.5 Å². The summed E-state index contributed by atoms with van der Waals surface area (Å²) >= 11 is 8.70. The van der Waals surface area contributed by atoms with E-state index in [-0.39, 0.29) is 11.0 Å².